The second-order valence-electron chi connectivity index (χ2n) is 12.6. The van der Waals surface area contributed by atoms with Gasteiger partial charge < -0.3 is 4.74 Å². The molecule has 246 valence electrons. The van der Waals surface area contributed by atoms with Gasteiger partial charge in [0, 0.05) is 25.6 Å². The van der Waals surface area contributed by atoms with Crippen LogP contribution in [0.4, 0.5) is 5.82 Å². The van der Waals surface area contributed by atoms with E-state index in [1.165, 1.54) is 19.7 Å². The first-order valence-electron chi connectivity index (χ1n) is 15.9. The Morgan fingerprint density at radius 1 is 0.851 bits per heavy atom. The third kappa shape index (κ3) is 7.49. The molecule has 0 bridgehead atoms. The molecule has 0 unspecified atom stereocenters. The Morgan fingerprint density at radius 2 is 1.51 bits per heavy atom. The Bertz CT molecular complexity index is 1980. The highest BCUT2D eigenvalue weighted by Crippen LogP contribution is 2.32. The van der Waals surface area contributed by atoms with Crippen LogP contribution in [0, 0.1) is 0 Å². The second kappa shape index (κ2) is 14.0. The molecule has 0 radical (unpaired) electrons. The lowest BCUT2D eigenvalue weighted by Crippen LogP contribution is -2.28. The van der Waals surface area contributed by atoms with Gasteiger partial charge in [0.1, 0.15) is 5.82 Å². The maximum Gasteiger partial charge on any atom is 0.346 e. The third-order valence-corrected chi connectivity index (χ3v) is 10.1. The molecule has 5 aromatic rings. The standard InChI is InChI=1S/C37H43N5O4S/c1-7-41-34(39-42(36(41)43)26-28-18-22-30(23-19-28)37(2,3)4)15-11-12-27-16-20-29(21-17-27)32-24-25-33(46-6)35(38-32)40(5)47(44,45)31-13-9-8-10-14-31/h8-10,13-14,16-25H,7,11-12,15,26H2,1-6H3. The van der Waals surface area contributed by atoms with Crippen molar-refractivity contribution >= 4 is 15.8 Å². The smallest absolute Gasteiger partial charge is 0.346 e. The fourth-order valence-corrected chi connectivity index (χ4v) is 6.69. The van der Waals surface area contributed by atoms with E-state index in [4.69, 9.17) is 14.8 Å². The van der Waals surface area contributed by atoms with Gasteiger partial charge in [-0.3, -0.25) is 4.57 Å². The Balaban J connectivity index is 1.26. The van der Waals surface area contributed by atoms with Crippen molar-refractivity contribution in [3.05, 3.63) is 124 Å². The van der Waals surface area contributed by atoms with Gasteiger partial charge in [0.15, 0.2) is 11.6 Å². The molecule has 2 aromatic heterocycles. The molecule has 9 nitrogen and oxygen atoms in total. The number of anilines is 1. The molecular formula is C37H43N5O4S. The molecule has 47 heavy (non-hydrogen) atoms. The SMILES string of the molecule is CCn1c(CCCc2ccc(-c3ccc(OC)c(N(C)S(=O)(=O)c4ccccc4)n3)cc2)nn(Cc2ccc(C(C)(C)C)cc2)c1=O. The topological polar surface area (TPSA) is 99.3 Å². The number of hydrogen-bond donors (Lipinski definition) is 0. The summed E-state index contributed by atoms with van der Waals surface area (Å²) in [5.41, 5.74) is 4.94. The highest BCUT2D eigenvalue weighted by molar-refractivity contribution is 7.92. The monoisotopic (exact) mass is 653 g/mol. The van der Waals surface area contributed by atoms with Gasteiger partial charge in [0.25, 0.3) is 10.0 Å². The van der Waals surface area contributed by atoms with Crippen molar-refractivity contribution in [1.29, 1.82) is 0 Å². The summed E-state index contributed by atoms with van der Waals surface area (Å²) in [4.78, 5) is 18.0. The summed E-state index contributed by atoms with van der Waals surface area (Å²) < 4.78 is 36.5. The molecule has 0 N–H and O–H groups in total. The summed E-state index contributed by atoms with van der Waals surface area (Å²) in [5, 5.41) is 4.71. The largest absolute Gasteiger partial charge is 0.493 e. The molecular weight excluding hydrogens is 611 g/mol. The number of benzene rings is 3. The molecule has 3 aromatic carbocycles. The van der Waals surface area contributed by atoms with Gasteiger partial charge in [-0.05, 0) is 66.1 Å². The summed E-state index contributed by atoms with van der Waals surface area (Å²) in [6.07, 6.45) is 2.34. The molecule has 2 heterocycles. The summed E-state index contributed by atoms with van der Waals surface area (Å²) >= 11 is 0. The number of aromatic nitrogens is 4. The quantitative estimate of drug-likeness (QED) is 0.153. The van der Waals surface area contributed by atoms with Crippen LogP contribution in [0.15, 0.2) is 101 Å². The lowest BCUT2D eigenvalue weighted by molar-refractivity contribution is 0.414. The first kappa shape index (κ1) is 33.7. The molecule has 0 amide bonds. The van der Waals surface area contributed by atoms with Gasteiger partial charge in [-0.2, -0.15) is 5.10 Å². The normalized spacial score (nSPS) is 11.9. The number of sulfonamides is 1. The molecule has 5 rings (SSSR count). The predicted octanol–water partition coefficient (Wildman–Crippen LogP) is 6.48. The highest BCUT2D eigenvalue weighted by Gasteiger charge is 2.25. The first-order valence-corrected chi connectivity index (χ1v) is 17.3. The summed E-state index contributed by atoms with van der Waals surface area (Å²) in [7, 11) is -0.858. The van der Waals surface area contributed by atoms with Crippen LogP contribution in [0.5, 0.6) is 5.75 Å². The Labute approximate surface area is 277 Å². The van der Waals surface area contributed by atoms with Crippen LogP contribution in [0.3, 0.4) is 0 Å². The van der Waals surface area contributed by atoms with Gasteiger partial charge >= 0.3 is 5.69 Å². The van der Waals surface area contributed by atoms with E-state index in [9.17, 15) is 13.2 Å². The van der Waals surface area contributed by atoms with Crippen LogP contribution >= 0.6 is 0 Å². The van der Waals surface area contributed by atoms with Gasteiger partial charge in [0.2, 0.25) is 0 Å². The minimum Gasteiger partial charge on any atom is -0.493 e. The maximum atomic E-state index is 13.3. The van der Waals surface area contributed by atoms with Gasteiger partial charge in [-0.1, -0.05) is 87.5 Å². The minimum absolute atomic E-state index is 0.0772. The summed E-state index contributed by atoms with van der Waals surface area (Å²) in [6.45, 7) is 9.55. The summed E-state index contributed by atoms with van der Waals surface area (Å²) in [5.74, 6) is 1.37. The van der Waals surface area contributed by atoms with Crippen molar-refractivity contribution in [2.24, 2.45) is 0 Å². The Morgan fingerprint density at radius 3 is 2.13 bits per heavy atom. The van der Waals surface area contributed by atoms with E-state index in [2.05, 4.69) is 57.2 Å². The van der Waals surface area contributed by atoms with E-state index in [0.717, 1.165) is 39.7 Å². The van der Waals surface area contributed by atoms with Crippen molar-refractivity contribution in [2.75, 3.05) is 18.5 Å². The van der Waals surface area contributed by atoms with Crippen molar-refractivity contribution in [3.8, 4) is 17.0 Å². The Hall–Kier alpha value is -4.70. The van der Waals surface area contributed by atoms with E-state index < -0.39 is 10.0 Å². The van der Waals surface area contributed by atoms with Crippen LogP contribution in [0.2, 0.25) is 0 Å². The van der Waals surface area contributed by atoms with E-state index in [1.54, 1.807) is 45.6 Å². The van der Waals surface area contributed by atoms with Crippen molar-refractivity contribution in [2.45, 2.75) is 70.4 Å². The number of ether oxygens (including phenoxy) is 1. The number of nitrogens with zero attached hydrogens (tertiary/aromatic N) is 5. The molecule has 0 aliphatic carbocycles. The number of rotatable bonds is 12. The number of methoxy groups -OCH3 is 1. The fraction of sp³-hybridized carbons (Fsp3) is 0.324. The van der Waals surface area contributed by atoms with Gasteiger partial charge in [-0.25, -0.2) is 27.2 Å². The van der Waals surface area contributed by atoms with E-state index in [0.29, 0.717) is 31.0 Å². The van der Waals surface area contributed by atoms with Crippen LogP contribution in [0.1, 0.15) is 56.6 Å². The van der Waals surface area contributed by atoms with Crippen molar-refractivity contribution in [1.82, 2.24) is 19.3 Å². The first-order chi connectivity index (χ1) is 22.4. The van der Waals surface area contributed by atoms with Crippen molar-refractivity contribution < 1.29 is 13.2 Å². The number of pyridine rings is 1. The average molecular weight is 654 g/mol. The number of hydrogen-bond acceptors (Lipinski definition) is 6. The lowest BCUT2D eigenvalue weighted by Gasteiger charge is -2.21. The number of aryl methyl sites for hydroxylation is 2. The highest BCUT2D eigenvalue weighted by atomic mass is 32.2. The zero-order chi connectivity index (χ0) is 33.8. The van der Waals surface area contributed by atoms with E-state index in [-0.39, 0.29) is 21.8 Å². The zero-order valence-corrected chi connectivity index (χ0v) is 28.8. The lowest BCUT2D eigenvalue weighted by atomic mass is 9.87. The third-order valence-electron chi connectivity index (χ3n) is 8.34. The predicted molar refractivity (Wildman–Crippen MR) is 187 cm³/mol. The molecule has 0 atom stereocenters. The van der Waals surface area contributed by atoms with Crippen LogP contribution in [0.25, 0.3) is 11.3 Å². The zero-order valence-electron chi connectivity index (χ0n) is 28.0. The van der Waals surface area contributed by atoms with Gasteiger partial charge in [0.05, 0.1) is 24.2 Å². The maximum absolute atomic E-state index is 13.3. The van der Waals surface area contributed by atoms with Gasteiger partial charge in [-0.15, -0.1) is 0 Å². The van der Waals surface area contributed by atoms with E-state index in [1.807, 2.05) is 25.1 Å². The molecule has 0 aliphatic rings. The minimum atomic E-state index is -3.83. The Kier molecular flexibility index (Phi) is 10.0. The molecule has 0 saturated heterocycles. The molecule has 10 heteroatoms. The van der Waals surface area contributed by atoms with Crippen molar-refractivity contribution in [3.63, 3.8) is 0 Å². The van der Waals surface area contributed by atoms with Crippen LogP contribution < -0.4 is 14.7 Å². The molecule has 0 spiro atoms. The molecule has 0 aliphatic heterocycles. The molecule has 0 fully saturated rings. The van der Waals surface area contributed by atoms with Crippen LogP contribution in [-0.4, -0.2) is 41.9 Å². The van der Waals surface area contributed by atoms with E-state index >= 15 is 0 Å². The summed E-state index contributed by atoms with van der Waals surface area (Å²) in [6, 6.07) is 28.3. The molecule has 0 saturated carbocycles. The van der Waals surface area contributed by atoms with Crippen LogP contribution in [-0.2, 0) is 41.4 Å². The fourth-order valence-electron chi connectivity index (χ4n) is 5.51. The second-order valence-corrected chi connectivity index (χ2v) is 14.6. The average Bonchev–Trinajstić information content (AvgIpc) is 3.37.